The van der Waals surface area contributed by atoms with Gasteiger partial charge in [0.15, 0.2) is 5.69 Å². The number of benzene rings is 1. The average molecular weight is 330 g/mol. The number of hydrogen-bond acceptors (Lipinski definition) is 4. The van der Waals surface area contributed by atoms with Gasteiger partial charge in [-0.05, 0) is 12.0 Å². The second kappa shape index (κ2) is 7.25. The highest BCUT2D eigenvalue weighted by molar-refractivity contribution is 5.84. The molecule has 0 aliphatic carbocycles. The number of rotatable bonds is 7. The van der Waals surface area contributed by atoms with Crippen molar-refractivity contribution in [3.63, 3.8) is 0 Å². The monoisotopic (exact) mass is 330 g/mol. The fourth-order valence-electron chi connectivity index (χ4n) is 2.72. The number of amides is 1. The fourth-order valence-corrected chi connectivity index (χ4v) is 2.72. The lowest BCUT2D eigenvalue weighted by Gasteiger charge is -2.35. The Morgan fingerprint density at radius 1 is 1.29 bits per heavy atom. The number of carbonyl (C=O) groups excluding carboxylic acids is 1. The average Bonchev–Trinajstić information content (AvgIpc) is 3.02. The zero-order chi connectivity index (χ0) is 17.7. The fraction of sp³-hybridized carbons (Fsp3) is 0.412. The molecule has 1 amide bonds. The van der Waals surface area contributed by atoms with E-state index >= 15 is 0 Å². The molecule has 0 radical (unpaired) electrons. The minimum absolute atomic E-state index is 0.0603. The van der Waals surface area contributed by atoms with E-state index < -0.39 is 5.97 Å². The van der Waals surface area contributed by atoms with Crippen LogP contribution in [0.1, 0.15) is 43.2 Å². The van der Waals surface area contributed by atoms with Crippen molar-refractivity contribution in [2.75, 3.05) is 0 Å². The summed E-state index contributed by atoms with van der Waals surface area (Å²) in [6.07, 6.45) is 2.01. The van der Waals surface area contributed by atoms with Crippen LogP contribution in [0.4, 0.5) is 0 Å². The lowest BCUT2D eigenvalue weighted by molar-refractivity contribution is -0.123. The summed E-state index contributed by atoms with van der Waals surface area (Å²) < 4.78 is 1.22. The van der Waals surface area contributed by atoms with Crippen LogP contribution in [0.2, 0.25) is 0 Å². The van der Waals surface area contributed by atoms with Crippen LogP contribution < -0.4 is 5.32 Å². The quantitative estimate of drug-likeness (QED) is 0.807. The van der Waals surface area contributed by atoms with Crippen molar-refractivity contribution in [1.82, 2.24) is 20.3 Å². The van der Waals surface area contributed by atoms with Gasteiger partial charge in [-0.1, -0.05) is 56.3 Å². The molecule has 2 rings (SSSR count). The Morgan fingerprint density at radius 3 is 2.50 bits per heavy atom. The van der Waals surface area contributed by atoms with Crippen LogP contribution in [0.25, 0.3) is 0 Å². The molecule has 7 nitrogen and oxygen atoms in total. The molecule has 1 aromatic carbocycles. The van der Waals surface area contributed by atoms with Crippen LogP contribution in [0, 0.1) is 0 Å². The molecule has 0 saturated heterocycles. The molecular formula is C17H22N4O3. The maximum absolute atomic E-state index is 12.3. The normalized spacial score (nSPS) is 12.6. The van der Waals surface area contributed by atoms with E-state index in [1.165, 1.54) is 10.9 Å². The molecule has 0 aliphatic heterocycles. The SMILES string of the molecule is CCC(NC(=O)Cn1cc(C(=O)O)nn1)C(C)(C)c1ccccc1. The molecule has 128 valence electrons. The first-order valence-corrected chi connectivity index (χ1v) is 7.83. The van der Waals surface area contributed by atoms with Crippen LogP contribution in [0.15, 0.2) is 36.5 Å². The number of nitrogens with one attached hydrogen (secondary N) is 1. The Morgan fingerprint density at radius 2 is 1.96 bits per heavy atom. The molecule has 24 heavy (non-hydrogen) atoms. The number of nitrogens with zero attached hydrogens (tertiary/aromatic N) is 3. The minimum Gasteiger partial charge on any atom is -0.476 e. The standard InChI is InChI=1S/C17H22N4O3/c1-4-14(17(2,3)12-8-6-5-7-9-12)18-15(22)11-21-10-13(16(23)24)19-20-21/h5-10,14H,4,11H2,1-3H3,(H,18,22)(H,23,24). The van der Waals surface area contributed by atoms with E-state index in [0.717, 1.165) is 12.0 Å². The molecule has 1 heterocycles. The van der Waals surface area contributed by atoms with Gasteiger partial charge in [-0.3, -0.25) is 4.79 Å². The van der Waals surface area contributed by atoms with Crippen LogP contribution in [-0.4, -0.2) is 38.0 Å². The summed E-state index contributed by atoms with van der Waals surface area (Å²) in [7, 11) is 0. The van der Waals surface area contributed by atoms with Gasteiger partial charge >= 0.3 is 5.97 Å². The van der Waals surface area contributed by atoms with Crippen molar-refractivity contribution in [2.45, 2.75) is 45.2 Å². The Labute approximate surface area is 140 Å². The lowest BCUT2D eigenvalue weighted by atomic mass is 9.76. The number of hydrogen-bond donors (Lipinski definition) is 2. The van der Waals surface area contributed by atoms with Gasteiger partial charge < -0.3 is 10.4 Å². The summed E-state index contributed by atoms with van der Waals surface area (Å²) in [6.45, 7) is 6.14. The molecule has 2 N–H and O–H groups in total. The summed E-state index contributed by atoms with van der Waals surface area (Å²) in [6, 6.07) is 9.96. The number of carboxylic acids is 1. The smallest absolute Gasteiger partial charge is 0.358 e. The highest BCUT2D eigenvalue weighted by atomic mass is 16.4. The molecule has 0 fully saturated rings. The van der Waals surface area contributed by atoms with E-state index in [-0.39, 0.29) is 29.6 Å². The molecule has 0 aliphatic rings. The second-order valence-corrected chi connectivity index (χ2v) is 6.22. The lowest BCUT2D eigenvalue weighted by Crippen LogP contribution is -2.48. The first-order valence-electron chi connectivity index (χ1n) is 7.83. The third-order valence-electron chi connectivity index (χ3n) is 4.20. The van der Waals surface area contributed by atoms with Crippen LogP contribution in [0.3, 0.4) is 0 Å². The van der Waals surface area contributed by atoms with Gasteiger partial charge in [-0.2, -0.15) is 0 Å². The molecule has 1 unspecified atom stereocenters. The number of aromatic carboxylic acids is 1. The summed E-state index contributed by atoms with van der Waals surface area (Å²) in [5, 5.41) is 19.0. The van der Waals surface area contributed by atoms with Crippen molar-refractivity contribution in [1.29, 1.82) is 0 Å². The summed E-state index contributed by atoms with van der Waals surface area (Å²) in [4.78, 5) is 23.1. The molecule has 1 atom stereocenters. The van der Waals surface area contributed by atoms with Crippen molar-refractivity contribution in [3.05, 3.63) is 47.8 Å². The van der Waals surface area contributed by atoms with Gasteiger partial charge in [0.25, 0.3) is 0 Å². The minimum atomic E-state index is -1.17. The first kappa shape index (κ1) is 17.7. The molecule has 2 aromatic rings. The zero-order valence-electron chi connectivity index (χ0n) is 14.1. The molecule has 0 bridgehead atoms. The number of carbonyl (C=O) groups is 2. The predicted octanol–water partition coefficient (Wildman–Crippen LogP) is 1.85. The third-order valence-corrected chi connectivity index (χ3v) is 4.20. The highest BCUT2D eigenvalue weighted by Crippen LogP contribution is 2.28. The largest absolute Gasteiger partial charge is 0.476 e. The number of aromatic nitrogens is 3. The molecule has 0 saturated carbocycles. The second-order valence-electron chi connectivity index (χ2n) is 6.22. The molecule has 7 heteroatoms. The third kappa shape index (κ3) is 3.98. The van der Waals surface area contributed by atoms with Gasteiger partial charge in [0.05, 0.1) is 6.20 Å². The Bertz CT molecular complexity index is 710. The number of carboxylic acid groups (broad SMARTS) is 1. The van der Waals surface area contributed by atoms with Crippen LogP contribution in [-0.2, 0) is 16.8 Å². The Balaban J connectivity index is 2.06. The van der Waals surface area contributed by atoms with E-state index in [0.29, 0.717) is 0 Å². The molecule has 0 spiro atoms. The maximum atomic E-state index is 12.3. The van der Waals surface area contributed by atoms with Gasteiger partial charge in [-0.25, -0.2) is 9.48 Å². The molecular weight excluding hydrogens is 308 g/mol. The van der Waals surface area contributed by atoms with Crippen molar-refractivity contribution < 1.29 is 14.7 Å². The van der Waals surface area contributed by atoms with Crippen LogP contribution in [0.5, 0.6) is 0 Å². The Kier molecular flexibility index (Phi) is 5.33. The van der Waals surface area contributed by atoms with E-state index in [9.17, 15) is 9.59 Å². The summed E-state index contributed by atoms with van der Waals surface area (Å²) in [5.41, 5.74) is 0.728. The topological polar surface area (TPSA) is 97.1 Å². The van der Waals surface area contributed by atoms with Crippen molar-refractivity contribution in [3.8, 4) is 0 Å². The summed E-state index contributed by atoms with van der Waals surface area (Å²) >= 11 is 0. The maximum Gasteiger partial charge on any atom is 0.358 e. The predicted molar refractivity (Wildman–Crippen MR) is 88.7 cm³/mol. The van der Waals surface area contributed by atoms with Crippen molar-refractivity contribution in [2.24, 2.45) is 0 Å². The van der Waals surface area contributed by atoms with E-state index in [1.807, 2.05) is 37.3 Å². The van der Waals surface area contributed by atoms with Crippen LogP contribution >= 0.6 is 0 Å². The molecule has 1 aromatic heterocycles. The van der Waals surface area contributed by atoms with Gasteiger partial charge in [-0.15, -0.1) is 5.10 Å². The van der Waals surface area contributed by atoms with Crippen molar-refractivity contribution >= 4 is 11.9 Å². The van der Waals surface area contributed by atoms with Gasteiger partial charge in [0.2, 0.25) is 5.91 Å². The van der Waals surface area contributed by atoms with E-state index in [1.54, 1.807) is 0 Å². The first-order chi connectivity index (χ1) is 11.3. The van der Waals surface area contributed by atoms with Gasteiger partial charge in [0, 0.05) is 11.5 Å². The van der Waals surface area contributed by atoms with Gasteiger partial charge in [0.1, 0.15) is 6.54 Å². The van der Waals surface area contributed by atoms with E-state index in [4.69, 9.17) is 5.11 Å². The van der Waals surface area contributed by atoms with E-state index in [2.05, 4.69) is 29.5 Å². The zero-order valence-corrected chi connectivity index (χ0v) is 14.1. The highest BCUT2D eigenvalue weighted by Gasteiger charge is 2.31. The Hall–Kier alpha value is -2.70. The summed E-state index contributed by atoms with van der Waals surface area (Å²) in [5.74, 6) is -1.40.